The van der Waals surface area contributed by atoms with Crippen LogP contribution in [0.1, 0.15) is 35.1 Å². The van der Waals surface area contributed by atoms with Crippen LogP contribution in [0, 0.1) is 6.92 Å². The molecular weight excluding hydrogens is 318 g/mol. The standard InChI is InChI=1S/C18H19N5O2/c1-12-9-16(21-20-12)18(25)22-8-4-5-13(10-22)23-11-19-15-7-3-2-6-14(15)17(23)24/h2-3,6-7,9,11,13H,4-5,8,10H2,1H3,(H,20,21). The van der Waals surface area contributed by atoms with E-state index in [-0.39, 0.29) is 17.5 Å². The average Bonchev–Trinajstić information content (AvgIpc) is 3.08. The first-order valence-electron chi connectivity index (χ1n) is 8.40. The Kier molecular flexibility index (Phi) is 3.83. The second kappa shape index (κ2) is 6.16. The summed E-state index contributed by atoms with van der Waals surface area (Å²) in [6.07, 6.45) is 3.30. The summed E-state index contributed by atoms with van der Waals surface area (Å²) >= 11 is 0. The van der Waals surface area contributed by atoms with Gasteiger partial charge in [-0.2, -0.15) is 5.10 Å². The molecule has 1 saturated heterocycles. The smallest absolute Gasteiger partial charge is 0.274 e. The molecule has 3 heterocycles. The van der Waals surface area contributed by atoms with Crippen molar-refractivity contribution >= 4 is 16.8 Å². The van der Waals surface area contributed by atoms with E-state index in [1.54, 1.807) is 27.9 Å². The Morgan fingerprint density at radius 3 is 2.96 bits per heavy atom. The summed E-state index contributed by atoms with van der Waals surface area (Å²) in [7, 11) is 0. The number of nitrogens with zero attached hydrogens (tertiary/aromatic N) is 4. The first-order valence-corrected chi connectivity index (χ1v) is 8.40. The Hall–Kier alpha value is -2.96. The van der Waals surface area contributed by atoms with Gasteiger partial charge in [-0.05, 0) is 38.0 Å². The highest BCUT2D eigenvalue weighted by Crippen LogP contribution is 2.22. The quantitative estimate of drug-likeness (QED) is 0.774. The van der Waals surface area contributed by atoms with Gasteiger partial charge in [0.2, 0.25) is 0 Å². The van der Waals surface area contributed by atoms with Crippen LogP contribution in [0.25, 0.3) is 10.9 Å². The zero-order chi connectivity index (χ0) is 17.4. The molecule has 0 bridgehead atoms. The SMILES string of the molecule is Cc1cc(C(=O)N2CCCC(n3cnc4ccccc4c3=O)C2)n[nH]1. The fraction of sp³-hybridized carbons (Fsp3) is 0.333. The maximum atomic E-state index is 12.8. The number of piperidine rings is 1. The lowest BCUT2D eigenvalue weighted by molar-refractivity contribution is 0.0671. The molecule has 7 nitrogen and oxygen atoms in total. The molecule has 25 heavy (non-hydrogen) atoms. The minimum atomic E-state index is -0.101. The zero-order valence-corrected chi connectivity index (χ0v) is 14.0. The summed E-state index contributed by atoms with van der Waals surface area (Å²) in [6, 6.07) is 9.01. The van der Waals surface area contributed by atoms with E-state index in [1.165, 1.54) is 0 Å². The second-order valence-corrected chi connectivity index (χ2v) is 6.46. The monoisotopic (exact) mass is 337 g/mol. The molecule has 4 rings (SSSR count). The van der Waals surface area contributed by atoms with Crippen molar-refractivity contribution in [3.8, 4) is 0 Å². The number of carbonyl (C=O) groups is 1. The minimum Gasteiger partial charge on any atom is -0.335 e. The van der Waals surface area contributed by atoms with E-state index < -0.39 is 0 Å². The molecule has 0 spiro atoms. The van der Waals surface area contributed by atoms with Gasteiger partial charge in [-0.15, -0.1) is 0 Å². The molecule has 128 valence electrons. The number of aromatic amines is 1. The number of H-pyrrole nitrogens is 1. The van der Waals surface area contributed by atoms with Crippen LogP contribution in [0.2, 0.25) is 0 Å². The fourth-order valence-corrected chi connectivity index (χ4v) is 3.40. The number of fused-ring (bicyclic) bond motifs is 1. The van der Waals surface area contributed by atoms with Gasteiger partial charge in [-0.25, -0.2) is 4.98 Å². The molecule has 1 fully saturated rings. The largest absolute Gasteiger partial charge is 0.335 e. The summed E-state index contributed by atoms with van der Waals surface area (Å²) in [5.74, 6) is -0.101. The number of hydrogen-bond donors (Lipinski definition) is 1. The molecule has 3 aromatic rings. The van der Waals surface area contributed by atoms with Crippen molar-refractivity contribution in [1.82, 2.24) is 24.6 Å². The molecular formula is C18H19N5O2. The highest BCUT2D eigenvalue weighted by molar-refractivity contribution is 5.92. The van der Waals surface area contributed by atoms with E-state index >= 15 is 0 Å². The lowest BCUT2D eigenvalue weighted by Gasteiger charge is -2.33. The van der Waals surface area contributed by atoms with Gasteiger partial charge in [0, 0.05) is 18.8 Å². The number of benzene rings is 1. The number of aromatic nitrogens is 4. The van der Waals surface area contributed by atoms with Crippen LogP contribution in [0.4, 0.5) is 0 Å². The number of amides is 1. The van der Waals surface area contributed by atoms with Crippen LogP contribution in [0.15, 0.2) is 41.5 Å². The summed E-state index contributed by atoms with van der Waals surface area (Å²) in [4.78, 5) is 31.6. The molecule has 1 aromatic carbocycles. The van der Waals surface area contributed by atoms with Gasteiger partial charge in [0.15, 0.2) is 0 Å². The molecule has 0 radical (unpaired) electrons. The number of aryl methyl sites for hydroxylation is 1. The molecule has 2 aromatic heterocycles. The van der Waals surface area contributed by atoms with E-state index in [0.717, 1.165) is 18.5 Å². The van der Waals surface area contributed by atoms with Crippen molar-refractivity contribution in [2.45, 2.75) is 25.8 Å². The van der Waals surface area contributed by atoms with E-state index in [4.69, 9.17) is 0 Å². The predicted molar refractivity (Wildman–Crippen MR) is 93.5 cm³/mol. The van der Waals surface area contributed by atoms with Crippen molar-refractivity contribution in [2.24, 2.45) is 0 Å². The summed E-state index contributed by atoms with van der Waals surface area (Å²) in [6.45, 7) is 3.03. The predicted octanol–water partition coefficient (Wildman–Crippen LogP) is 1.91. The number of hydrogen-bond acceptors (Lipinski definition) is 4. The van der Waals surface area contributed by atoms with Gasteiger partial charge in [0.1, 0.15) is 5.69 Å². The van der Waals surface area contributed by atoms with Gasteiger partial charge in [-0.1, -0.05) is 12.1 Å². The normalized spacial score (nSPS) is 17.8. The van der Waals surface area contributed by atoms with Crippen molar-refractivity contribution in [2.75, 3.05) is 13.1 Å². The van der Waals surface area contributed by atoms with Crippen LogP contribution in [-0.2, 0) is 0 Å². The van der Waals surface area contributed by atoms with Crippen molar-refractivity contribution < 1.29 is 4.79 Å². The third-order valence-electron chi connectivity index (χ3n) is 4.69. The number of carbonyl (C=O) groups excluding carboxylic acids is 1. The molecule has 1 aliphatic rings. The molecule has 0 saturated carbocycles. The van der Waals surface area contributed by atoms with E-state index in [1.807, 2.05) is 25.1 Å². The molecule has 1 amide bonds. The Morgan fingerprint density at radius 1 is 1.32 bits per heavy atom. The topological polar surface area (TPSA) is 83.9 Å². The third-order valence-corrected chi connectivity index (χ3v) is 4.69. The molecule has 1 unspecified atom stereocenters. The fourth-order valence-electron chi connectivity index (χ4n) is 3.40. The summed E-state index contributed by atoms with van der Waals surface area (Å²) < 4.78 is 1.66. The lowest BCUT2D eigenvalue weighted by atomic mass is 10.0. The zero-order valence-electron chi connectivity index (χ0n) is 14.0. The number of rotatable bonds is 2. The van der Waals surface area contributed by atoms with Crippen LogP contribution in [0.3, 0.4) is 0 Å². The Bertz CT molecular complexity index is 990. The first-order chi connectivity index (χ1) is 12.1. The Balaban J connectivity index is 1.62. The third kappa shape index (κ3) is 2.82. The maximum absolute atomic E-state index is 12.8. The molecule has 0 aliphatic carbocycles. The van der Waals surface area contributed by atoms with Gasteiger partial charge in [-0.3, -0.25) is 19.3 Å². The van der Waals surface area contributed by atoms with Crippen molar-refractivity contribution in [3.05, 3.63) is 58.4 Å². The van der Waals surface area contributed by atoms with E-state index in [9.17, 15) is 9.59 Å². The van der Waals surface area contributed by atoms with Crippen molar-refractivity contribution in [3.63, 3.8) is 0 Å². The van der Waals surface area contributed by atoms with Gasteiger partial charge in [0.25, 0.3) is 11.5 Å². The van der Waals surface area contributed by atoms with E-state index in [2.05, 4.69) is 15.2 Å². The highest BCUT2D eigenvalue weighted by Gasteiger charge is 2.27. The van der Waals surface area contributed by atoms with Gasteiger partial charge >= 0.3 is 0 Å². The van der Waals surface area contributed by atoms with Gasteiger partial charge in [0.05, 0.1) is 23.3 Å². The molecule has 1 N–H and O–H groups in total. The minimum absolute atomic E-state index is 0.0551. The van der Waals surface area contributed by atoms with Gasteiger partial charge < -0.3 is 4.90 Å². The van der Waals surface area contributed by atoms with Crippen LogP contribution in [0.5, 0.6) is 0 Å². The van der Waals surface area contributed by atoms with Crippen LogP contribution in [-0.4, -0.2) is 43.6 Å². The summed E-state index contributed by atoms with van der Waals surface area (Å²) in [5.41, 5.74) is 1.91. The second-order valence-electron chi connectivity index (χ2n) is 6.46. The molecule has 1 aliphatic heterocycles. The maximum Gasteiger partial charge on any atom is 0.274 e. The van der Waals surface area contributed by atoms with Crippen LogP contribution < -0.4 is 5.56 Å². The number of nitrogens with one attached hydrogen (secondary N) is 1. The molecule has 1 atom stereocenters. The lowest BCUT2D eigenvalue weighted by Crippen LogP contribution is -2.43. The van der Waals surface area contributed by atoms with E-state index in [0.29, 0.717) is 29.7 Å². The Labute approximate surface area is 144 Å². The highest BCUT2D eigenvalue weighted by atomic mass is 16.2. The molecule has 7 heteroatoms. The van der Waals surface area contributed by atoms with Crippen LogP contribution >= 0.6 is 0 Å². The first kappa shape index (κ1) is 15.6. The number of para-hydroxylation sites is 1. The Morgan fingerprint density at radius 2 is 2.16 bits per heavy atom. The summed E-state index contributed by atoms with van der Waals surface area (Å²) in [5, 5.41) is 7.46. The van der Waals surface area contributed by atoms with Crippen molar-refractivity contribution in [1.29, 1.82) is 0 Å². The average molecular weight is 337 g/mol. The number of likely N-dealkylation sites (tertiary alicyclic amines) is 1.